The summed E-state index contributed by atoms with van der Waals surface area (Å²) in [6, 6.07) is 58.7. The number of hydrogen-bond donors (Lipinski definition) is 2. The fourth-order valence-corrected chi connectivity index (χ4v) is 13.3. The molecule has 0 spiro atoms. The van der Waals surface area contributed by atoms with E-state index in [1.165, 1.54) is 4.90 Å². The van der Waals surface area contributed by atoms with E-state index in [9.17, 15) is 24.4 Å². The van der Waals surface area contributed by atoms with Gasteiger partial charge in [-0.25, -0.2) is 18.8 Å². The van der Waals surface area contributed by atoms with Gasteiger partial charge in [-0.1, -0.05) is 127 Å². The van der Waals surface area contributed by atoms with Crippen LogP contribution < -0.4 is 29.4 Å². The summed E-state index contributed by atoms with van der Waals surface area (Å²) < 4.78 is 65.0. The minimum atomic E-state index is -1.72. The van der Waals surface area contributed by atoms with E-state index < -0.39 is 50.9 Å². The molecule has 3 amide bonds. The summed E-state index contributed by atoms with van der Waals surface area (Å²) in [5.74, 6) is 1.16. The van der Waals surface area contributed by atoms with Gasteiger partial charge in [0.25, 0.3) is 26.6 Å². The van der Waals surface area contributed by atoms with Gasteiger partial charge in [-0.05, 0) is 131 Å². The van der Waals surface area contributed by atoms with E-state index in [4.69, 9.17) is 46.9 Å². The van der Waals surface area contributed by atoms with Crippen LogP contribution in [-0.2, 0) is 56.1 Å². The molecule has 4 atom stereocenters. The third-order valence-electron chi connectivity index (χ3n) is 16.4. The highest BCUT2D eigenvalue weighted by atomic mass is 31.2. The van der Waals surface area contributed by atoms with Crippen molar-refractivity contribution in [2.75, 3.05) is 59.7 Å². The number of benzene rings is 7. The van der Waals surface area contributed by atoms with Gasteiger partial charge in [0.15, 0.2) is 13.1 Å². The molecular weight excluding hydrogens is 1240 g/mol. The molecule has 1 saturated heterocycles. The molecule has 7 aromatic carbocycles. The van der Waals surface area contributed by atoms with E-state index in [1.54, 1.807) is 93.0 Å². The van der Waals surface area contributed by atoms with E-state index in [-0.39, 0.29) is 82.2 Å². The standard InChI is InChI=1S/C74H78N7O14P/c1-50(2)81(51(3)4)96(92-42-15-39-75)95-66-45-69(94-71(66)90-49-91-74(55-16-9-8-10-17-55,56-28-34-58(86-6)35-29-56)57-30-36-59(87-7)37-31-57)80-40-38-67(77-48-80)78-70(83)54-26-22-53(23-27-54)46-76-68(82)44-52-24-32-60(33-25-52)93-73(85)88-43-41-79(5)72(84)89-47-65-63-20-13-11-18-61(63)62-19-12-14-21-64(62)65/h8-14,16-38,40,48,50-51,65-66,69,71H,15,41-47,49H2,1-7H3,(H,76,82)/p+1/t66-,69+,71-,96?/m0/s1. The molecule has 1 fully saturated rings. The molecule has 21 nitrogen and oxygen atoms in total. The van der Waals surface area contributed by atoms with Crippen LogP contribution in [0.1, 0.15) is 102 Å². The summed E-state index contributed by atoms with van der Waals surface area (Å²) in [6.07, 6.45) is 0.0644. The van der Waals surface area contributed by atoms with Crippen LogP contribution in [0, 0.1) is 11.3 Å². The highest BCUT2D eigenvalue weighted by Crippen LogP contribution is 2.50. The first kappa shape index (κ1) is 69.2. The van der Waals surface area contributed by atoms with E-state index >= 15 is 0 Å². The van der Waals surface area contributed by atoms with Gasteiger partial charge in [-0.15, -0.1) is 0 Å². The number of amides is 3. The van der Waals surface area contributed by atoms with Gasteiger partial charge >= 0.3 is 12.2 Å². The molecule has 22 heteroatoms. The van der Waals surface area contributed by atoms with Crippen molar-refractivity contribution in [3.05, 3.63) is 239 Å². The quantitative estimate of drug-likeness (QED) is 0.00810. The average Bonchev–Trinajstić information content (AvgIpc) is 1.16. The molecule has 2 heterocycles. The van der Waals surface area contributed by atoms with Crippen molar-refractivity contribution < 1.29 is 70.7 Å². The smallest absolute Gasteiger partial charge is 0.497 e. The minimum absolute atomic E-state index is 0.0298. The number of carbonyl (C=O) groups excluding carboxylic acids is 4. The Hall–Kier alpha value is -9.62. The van der Waals surface area contributed by atoms with Crippen molar-refractivity contribution in [3.63, 3.8) is 0 Å². The van der Waals surface area contributed by atoms with Crippen molar-refractivity contribution in [1.29, 1.82) is 5.26 Å². The summed E-state index contributed by atoms with van der Waals surface area (Å²) >= 11 is 0. The third kappa shape index (κ3) is 17.3. The molecule has 1 aliphatic heterocycles. The van der Waals surface area contributed by atoms with Crippen molar-refractivity contribution >= 4 is 38.4 Å². The topological polar surface area (TPSA) is 232 Å². The fourth-order valence-electron chi connectivity index (χ4n) is 11.6. The molecule has 1 aromatic heterocycles. The highest BCUT2D eigenvalue weighted by Gasteiger charge is 2.45. The lowest BCUT2D eigenvalue weighted by Gasteiger charge is -2.38. The maximum Gasteiger partial charge on any atom is 0.513 e. The molecular formula is C74H79N7O14P+. The monoisotopic (exact) mass is 1320 g/mol. The number of aromatic nitrogens is 2. The van der Waals surface area contributed by atoms with Crippen LogP contribution >= 0.6 is 8.53 Å². The zero-order valence-electron chi connectivity index (χ0n) is 54.7. The van der Waals surface area contributed by atoms with Gasteiger partial charge in [-0.2, -0.15) is 5.26 Å². The Morgan fingerprint density at radius 1 is 0.719 bits per heavy atom. The second-order valence-electron chi connectivity index (χ2n) is 23.4. The molecule has 0 bridgehead atoms. The van der Waals surface area contributed by atoms with Crippen LogP contribution in [-0.4, -0.2) is 118 Å². The summed E-state index contributed by atoms with van der Waals surface area (Å²) in [6.45, 7) is 8.54. The number of nitrogens with one attached hydrogen (secondary N) is 2. The number of fused-ring (bicyclic) bond motifs is 3. The number of hydrogen-bond acceptors (Lipinski definition) is 17. The van der Waals surface area contributed by atoms with Crippen LogP contribution in [0.25, 0.3) is 11.1 Å². The number of methoxy groups -OCH3 is 2. The Morgan fingerprint density at radius 3 is 1.91 bits per heavy atom. The summed E-state index contributed by atoms with van der Waals surface area (Å²) in [7, 11) is 3.09. The van der Waals surface area contributed by atoms with Gasteiger partial charge in [0, 0.05) is 49.6 Å². The van der Waals surface area contributed by atoms with E-state index in [2.05, 4.69) is 78.3 Å². The van der Waals surface area contributed by atoms with Gasteiger partial charge in [0.05, 0.1) is 52.5 Å². The molecule has 2 N–H and O–H groups in total. The number of nitrogens with zero attached hydrogens (tertiary/aromatic N) is 5. The van der Waals surface area contributed by atoms with Crippen LogP contribution in [0.3, 0.4) is 0 Å². The Labute approximate surface area is 560 Å². The number of rotatable bonds is 30. The maximum atomic E-state index is 13.6. The number of anilines is 1. The second kappa shape index (κ2) is 33.2. The van der Waals surface area contributed by atoms with E-state index in [1.807, 2.05) is 103 Å². The molecule has 2 aliphatic rings. The van der Waals surface area contributed by atoms with Gasteiger partial charge in [0.1, 0.15) is 42.2 Å². The number of nitriles is 1. The third-order valence-corrected chi connectivity index (χ3v) is 18.6. The Balaban J connectivity index is 0.709. The SMILES string of the molecule is COc1ccc(C(OCO[C@H]2O[C@@H]([n+]3ccc(NC(=O)c4ccc(CNC(=O)Cc5ccc(OC(=O)OCCN(C)C(=O)OCC6c7ccccc7-c7ccccc76)cc5)cc4)nc3)C[C@@H]2OP(OCCC#N)N(C(C)C)C(C)C)(c2ccccc2)c2ccc(OC)cc2)cc1. The van der Waals surface area contributed by atoms with Crippen LogP contribution in [0.5, 0.6) is 17.2 Å². The summed E-state index contributed by atoms with van der Waals surface area (Å²) in [5, 5.41) is 15.2. The predicted octanol–water partition coefficient (Wildman–Crippen LogP) is 12.8. The minimum Gasteiger partial charge on any atom is -0.497 e. The zero-order chi connectivity index (χ0) is 67.6. The lowest BCUT2D eigenvalue weighted by atomic mass is 9.80. The molecule has 0 radical (unpaired) electrons. The Bertz CT molecular complexity index is 3820. The lowest BCUT2D eigenvalue weighted by Crippen LogP contribution is -2.40. The Morgan fingerprint density at radius 2 is 1.31 bits per heavy atom. The fraction of sp³-hybridized carbons (Fsp3) is 0.311. The largest absolute Gasteiger partial charge is 0.513 e. The predicted molar refractivity (Wildman–Crippen MR) is 358 cm³/mol. The summed E-state index contributed by atoms with van der Waals surface area (Å²) in [4.78, 5) is 57.9. The molecule has 0 saturated carbocycles. The van der Waals surface area contributed by atoms with Crippen molar-refractivity contribution in [1.82, 2.24) is 19.9 Å². The first-order chi connectivity index (χ1) is 46.6. The molecule has 96 heavy (non-hydrogen) atoms. The summed E-state index contributed by atoms with van der Waals surface area (Å²) in [5.41, 5.74) is 7.60. The van der Waals surface area contributed by atoms with Crippen molar-refractivity contribution in [2.24, 2.45) is 0 Å². The van der Waals surface area contributed by atoms with Crippen molar-refractivity contribution in [3.8, 4) is 34.4 Å². The number of likely N-dealkylation sites (N-methyl/N-ethyl adjacent to an activating group) is 1. The van der Waals surface area contributed by atoms with Crippen LogP contribution in [0.2, 0.25) is 0 Å². The first-order valence-corrected chi connectivity index (χ1v) is 32.8. The lowest BCUT2D eigenvalue weighted by molar-refractivity contribution is -0.763. The van der Waals surface area contributed by atoms with Crippen molar-refractivity contribution in [2.45, 2.75) is 95.7 Å². The highest BCUT2D eigenvalue weighted by molar-refractivity contribution is 7.44. The molecule has 1 unspecified atom stereocenters. The van der Waals surface area contributed by atoms with E-state index in [0.29, 0.717) is 34.9 Å². The second-order valence-corrected chi connectivity index (χ2v) is 24.8. The van der Waals surface area contributed by atoms with Gasteiger partial charge in [-0.3, -0.25) is 14.9 Å². The molecule has 1 aliphatic carbocycles. The normalized spacial score (nSPS) is 15.3. The van der Waals surface area contributed by atoms with Gasteiger partial charge in [0.2, 0.25) is 12.1 Å². The molecule has 498 valence electrons. The first-order valence-electron chi connectivity index (χ1n) is 31.7. The average molecular weight is 1320 g/mol. The van der Waals surface area contributed by atoms with Crippen LogP contribution in [0.15, 0.2) is 195 Å². The number of ether oxygens (including phenoxy) is 8. The van der Waals surface area contributed by atoms with Gasteiger partial charge < -0.3 is 57.2 Å². The van der Waals surface area contributed by atoms with Crippen LogP contribution in [0.4, 0.5) is 15.4 Å². The molecule has 8 aromatic rings. The number of carbonyl (C=O) groups is 4. The molecule has 10 rings (SSSR count). The van der Waals surface area contributed by atoms with E-state index in [0.717, 1.165) is 44.5 Å². The Kier molecular flexibility index (Phi) is 23.9. The zero-order valence-corrected chi connectivity index (χ0v) is 55.6. The maximum absolute atomic E-state index is 13.6.